The third-order valence-corrected chi connectivity index (χ3v) is 4.14. The SMILES string of the molecule is CN1CCCN(C(CN)c2cccc(Br)c2)CC1. The lowest BCUT2D eigenvalue weighted by atomic mass is 10.1. The number of hydrogen-bond donors (Lipinski definition) is 1. The minimum Gasteiger partial charge on any atom is -0.329 e. The van der Waals surface area contributed by atoms with Gasteiger partial charge in [-0.3, -0.25) is 4.90 Å². The van der Waals surface area contributed by atoms with E-state index in [9.17, 15) is 0 Å². The van der Waals surface area contributed by atoms with Crippen molar-refractivity contribution in [1.29, 1.82) is 0 Å². The van der Waals surface area contributed by atoms with Crippen LogP contribution in [0.2, 0.25) is 0 Å². The maximum absolute atomic E-state index is 6.00. The van der Waals surface area contributed by atoms with Crippen molar-refractivity contribution in [2.75, 3.05) is 39.8 Å². The maximum atomic E-state index is 6.00. The predicted octanol–water partition coefficient (Wildman–Crippen LogP) is 2.09. The van der Waals surface area contributed by atoms with Crippen molar-refractivity contribution in [2.45, 2.75) is 12.5 Å². The van der Waals surface area contributed by atoms with E-state index in [4.69, 9.17) is 5.73 Å². The summed E-state index contributed by atoms with van der Waals surface area (Å²) in [5.74, 6) is 0. The third kappa shape index (κ3) is 3.54. The summed E-state index contributed by atoms with van der Waals surface area (Å²) in [6.45, 7) is 5.24. The second-order valence-electron chi connectivity index (χ2n) is 5.00. The van der Waals surface area contributed by atoms with E-state index in [1.54, 1.807) is 0 Å². The minimum atomic E-state index is 0.342. The van der Waals surface area contributed by atoms with Gasteiger partial charge in [0.2, 0.25) is 0 Å². The maximum Gasteiger partial charge on any atom is 0.0471 e. The van der Waals surface area contributed by atoms with Crippen LogP contribution in [0.3, 0.4) is 0 Å². The van der Waals surface area contributed by atoms with Gasteiger partial charge < -0.3 is 10.6 Å². The van der Waals surface area contributed by atoms with Crippen LogP contribution < -0.4 is 5.73 Å². The monoisotopic (exact) mass is 311 g/mol. The molecule has 1 aromatic carbocycles. The smallest absolute Gasteiger partial charge is 0.0471 e. The lowest BCUT2D eigenvalue weighted by Crippen LogP contribution is -2.36. The molecule has 2 rings (SSSR count). The van der Waals surface area contributed by atoms with E-state index in [0.717, 1.165) is 24.1 Å². The summed E-state index contributed by atoms with van der Waals surface area (Å²) in [6.07, 6.45) is 1.22. The van der Waals surface area contributed by atoms with Crippen molar-refractivity contribution >= 4 is 15.9 Å². The molecule has 100 valence electrons. The van der Waals surface area contributed by atoms with Gasteiger partial charge in [0.25, 0.3) is 0 Å². The van der Waals surface area contributed by atoms with Crippen molar-refractivity contribution in [3.8, 4) is 0 Å². The van der Waals surface area contributed by atoms with E-state index >= 15 is 0 Å². The summed E-state index contributed by atoms with van der Waals surface area (Å²) in [4.78, 5) is 4.92. The quantitative estimate of drug-likeness (QED) is 0.927. The summed E-state index contributed by atoms with van der Waals surface area (Å²) in [7, 11) is 2.19. The highest BCUT2D eigenvalue weighted by Crippen LogP contribution is 2.23. The molecule has 1 heterocycles. The second-order valence-corrected chi connectivity index (χ2v) is 5.91. The Labute approximate surface area is 118 Å². The van der Waals surface area contributed by atoms with E-state index in [0.29, 0.717) is 12.6 Å². The van der Waals surface area contributed by atoms with E-state index in [1.165, 1.54) is 18.5 Å². The molecule has 1 unspecified atom stereocenters. The number of nitrogens with zero attached hydrogens (tertiary/aromatic N) is 2. The summed E-state index contributed by atoms with van der Waals surface area (Å²) >= 11 is 3.54. The Morgan fingerprint density at radius 2 is 2.11 bits per heavy atom. The Morgan fingerprint density at radius 1 is 1.28 bits per heavy atom. The molecule has 1 atom stereocenters. The topological polar surface area (TPSA) is 32.5 Å². The van der Waals surface area contributed by atoms with Gasteiger partial charge in [-0.1, -0.05) is 28.1 Å². The lowest BCUT2D eigenvalue weighted by Gasteiger charge is -2.30. The fourth-order valence-corrected chi connectivity index (χ4v) is 3.00. The van der Waals surface area contributed by atoms with Crippen LogP contribution in [-0.4, -0.2) is 49.6 Å². The average Bonchev–Trinajstić information content (AvgIpc) is 2.56. The second kappa shape index (κ2) is 6.66. The van der Waals surface area contributed by atoms with E-state index in [2.05, 4.69) is 57.0 Å². The molecular weight excluding hydrogens is 290 g/mol. The standard InChI is InChI=1S/C14H22BrN3/c1-17-6-3-7-18(9-8-17)14(11-16)12-4-2-5-13(15)10-12/h2,4-5,10,14H,3,6-9,11,16H2,1H3. The average molecular weight is 312 g/mol. The van der Waals surface area contributed by atoms with E-state index in [-0.39, 0.29) is 0 Å². The molecule has 0 aromatic heterocycles. The first-order valence-corrected chi connectivity index (χ1v) is 7.38. The molecule has 0 saturated carbocycles. The van der Waals surface area contributed by atoms with Gasteiger partial charge in [0, 0.05) is 36.7 Å². The molecule has 1 aliphatic heterocycles. The van der Waals surface area contributed by atoms with Gasteiger partial charge in [-0.15, -0.1) is 0 Å². The molecule has 2 N–H and O–H groups in total. The van der Waals surface area contributed by atoms with Crippen molar-refractivity contribution in [2.24, 2.45) is 5.73 Å². The van der Waals surface area contributed by atoms with Crippen molar-refractivity contribution < 1.29 is 0 Å². The Morgan fingerprint density at radius 3 is 2.83 bits per heavy atom. The van der Waals surface area contributed by atoms with E-state index < -0.39 is 0 Å². The van der Waals surface area contributed by atoms with Gasteiger partial charge in [-0.05, 0) is 37.7 Å². The first-order chi connectivity index (χ1) is 8.70. The van der Waals surface area contributed by atoms with Crippen molar-refractivity contribution in [3.05, 3.63) is 34.3 Å². The van der Waals surface area contributed by atoms with Crippen LogP contribution in [0.15, 0.2) is 28.7 Å². The van der Waals surface area contributed by atoms with Crippen LogP contribution >= 0.6 is 15.9 Å². The fourth-order valence-electron chi connectivity index (χ4n) is 2.59. The molecule has 0 bridgehead atoms. The molecule has 18 heavy (non-hydrogen) atoms. The molecule has 0 aliphatic carbocycles. The van der Waals surface area contributed by atoms with Crippen LogP contribution in [0.4, 0.5) is 0 Å². The van der Waals surface area contributed by atoms with Crippen LogP contribution in [0, 0.1) is 0 Å². The molecule has 0 spiro atoms. The molecule has 1 aliphatic rings. The van der Waals surface area contributed by atoms with Gasteiger partial charge in [-0.2, -0.15) is 0 Å². The van der Waals surface area contributed by atoms with Gasteiger partial charge in [0.15, 0.2) is 0 Å². The Kier molecular flexibility index (Phi) is 5.18. The molecule has 3 nitrogen and oxygen atoms in total. The molecule has 0 amide bonds. The van der Waals surface area contributed by atoms with Gasteiger partial charge in [0.1, 0.15) is 0 Å². The number of rotatable bonds is 3. The van der Waals surface area contributed by atoms with Gasteiger partial charge >= 0.3 is 0 Å². The van der Waals surface area contributed by atoms with Gasteiger partial charge in [-0.25, -0.2) is 0 Å². The number of hydrogen-bond acceptors (Lipinski definition) is 3. The Hall–Kier alpha value is -0.420. The number of benzene rings is 1. The van der Waals surface area contributed by atoms with Crippen LogP contribution in [0.25, 0.3) is 0 Å². The van der Waals surface area contributed by atoms with Gasteiger partial charge in [0.05, 0.1) is 0 Å². The molecule has 1 fully saturated rings. The third-order valence-electron chi connectivity index (χ3n) is 3.65. The number of nitrogens with two attached hydrogens (primary N) is 1. The number of halogens is 1. The van der Waals surface area contributed by atoms with Crippen LogP contribution in [0.5, 0.6) is 0 Å². The summed E-state index contributed by atoms with van der Waals surface area (Å²) < 4.78 is 1.13. The van der Waals surface area contributed by atoms with Crippen LogP contribution in [-0.2, 0) is 0 Å². The first kappa shape index (κ1) is 14.0. The summed E-state index contributed by atoms with van der Waals surface area (Å²) in [5, 5.41) is 0. The minimum absolute atomic E-state index is 0.342. The predicted molar refractivity (Wildman–Crippen MR) is 79.6 cm³/mol. The fraction of sp³-hybridized carbons (Fsp3) is 0.571. The largest absolute Gasteiger partial charge is 0.329 e. The molecule has 1 aromatic rings. The molecule has 0 radical (unpaired) electrons. The summed E-state index contributed by atoms with van der Waals surface area (Å²) in [6, 6.07) is 8.86. The zero-order valence-corrected chi connectivity index (χ0v) is 12.6. The zero-order valence-electron chi connectivity index (χ0n) is 11.0. The number of likely N-dealkylation sites (N-methyl/N-ethyl adjacent to an activating group) is 1. The first-order valence-electron chi connectivity index (χ1n) is 6.59. The zero-order chi connectivity index (χ0) is 13.0. The Balaban J connectivity index is 2.12. The summed E-state index contributed by atoms with van der Waals surface area (Å²) in [5.41, 5.74) is 7.32. The Bertz CT molecular complexity index is 383. The highest BCUT2D eigenvalue weighted by Gasteiger charge is 2.21. The highest BCUT2D eigenvalue weighted by molar-refractivity contribution is 9.10. The van der Waals surface area contributed by atoms with Crippen molar-refractivity contribution in [3.63, 3.8) is 0 Å². The molecule has 1 saturated heterocycles. The highest BCUT2D eigenvalue weighted by atomic mass is 79.9. The normalized spacial score (nSPS) is 20.6. The van der Waals surface area contributed by atoms with E-state index in [1.807, 2.05) is 0 Å². The molecular formula is C14H22BrN3. The molecule has 4 heteroatoms. The van der Waals surface area contributed by atoms with Crippen molar-refractivity contribution in [1.82, 2.24) is 9.80 Å². The lowest BCUT2D eigenvalue weighted by molar-refractivity contribution is 0.208. The van der Waals surface area contributed by atoms with Crippen LogP contribution in [0.1, 0.15) is 18.0 Å².